The number of esters is 3. The number of allylic oxidation sites excluding steroid dienone is 12. The summed E-state index contributed by atoms with van der Waals surface area (Å²) in [5, 5.41) is 0. The van der Waals surface area contributed by atoms with Gasteiger partial charge in [-0.3, -0.25) is 14.4 Å². The minimum atomic E-state index is -0.777. The molecule has 1 unspecified atom stereocenters. The molecule has 0 aromatic carbocycles. The predicted molar refractivity (Wildman–Crippen MR) is 270 cm³/mol. The Bertz CT molecular complexity index is 1190. The topological polar surface area (TPSA) is 78.9 Å². The molecule has 0 fully saturated rings. The fourth-order valence-corrected chi connectivity index (χ4v) is 7.24. The normalized spacial score (nSPS) is 12.6. The molecule has 6 nitrogen and oxygen atoms in total. The van der Waals surface area contributed by atoms with E-state index in [0.717, 1.165) is 122 Å². The van der Waals surface area contributed by atoms with E-state index < -0.39 is 6.10 Å². The maximum absolute atomic E-state index is 12.7. The molecule has 0 rings (SSSR count). The standard InChI is InChI=1S/C57H98O6/c1-4-7-10-13-15-17-19-21-22-23-24-25-26-27-28-29-30-31-32-33-34-36-37-39-41-44-47-50-56(59)62-53-54(52-61-55(58)49-46-43-12-9-6-3)63-57(60)51-48-45-42-40-38-35-20-18-16-14-11-8-5-2/h7,10-11,14-15,17-18,20-22,24-25,54H,4-6,8-9,12-13,16,19,23,26-53H2,1-3H3/b10-7-,14-11-,17-15-,20-18-,22-21-,25-24-. The lowest BCUT2D eigenvalue weighted by Gasteiger charge is -2.18. The van der Waals surface area contributed by atoms with E-state index >= 15 is 0 Å². The number of rotatable bonds is 47. The van der Waals surface area contributed by atoms with Gasteiger partial charge in [-0.2, -0.15) is 0 Å². The van der Waals surface area contributed by atoms with Gasteiger partial charge >= 0.3 is 17.9 Å². The molecule has 0 aliphatic rings. The molecule has 0 saturated carbocycles. The van der Waals surface area contributed by atoms with E-state index in [2.05, 4.69) is 93.7 Å². The monoisotopic (exact) mass is 879 g/mol. The summed E-state index contributed by atoms with van der Waals surface area (Å²) >= 11 is 0. The molecular formula is C57H98O6. The van der Waals surface area contributed by atoms with E-state index in [9.17, 15) is 14.4 Å². The molecule has 0 spiro atoms. The molecule has 0 N–H and O–H groups in total. The number of ether oxygens (including phenoxy) is 3. The van der Waals surface area contributed by atoms with E-state index in [1.54, 1.807) is 0 Å². The number of carbonyl (C=O) groups excluding carboxylic acids is 3. The van der Waals surface area contributed by atoms with Gasteiger partial charge in [0, 0.05) is 19.3 Å². The van der Waals surface area contributed by atoms with Gasteiger partial charge in [0.05, 0.1) is 0 Å². The van der Waals surface area contributed by atoms with Crippen LogP contribution in [-0.4, -0.2) is 37.2 Å². The quantitative estimate of drug-likeness (QED) is 0.0262. The summed E-state index contributed by atoms with van der Waals surface area (Å²) in [5.74, 6) is -0.908. The van der Waals surface area contributed by atoms with Crippen molar-refractivity contribution < 1.29 is 28.6 Å². The van der Waals surface area contributed by atoms with Gasteiger partial charge in [-0.05, 0) is 83.5 Å². The van der Waals surface area contributed by atoms with Crippen LogP contribution in [0.2, 0.25) is 0 Å². The molecule has 1 atom stereocenters. The van der Waals surface area contributed by atoms with E-state index in [-0.39, 0.29) is 31.1 Å². The van der Waals surface area contributed by atoms with Crippen LogP contribution in [0, 0.1) is 0 Å². The van der Waals surface area contributed by atoms with Crippen molar-refractivity contribution >= 4 is 17.9 Å². The minimum absolute atomic E-state index is 0.0804. The molecule has 0 saturated heterocycles. The van der Waals surface area contributed by atoms with Crippen molar-refractivity contribution in [2.45, 2.75) is 258 Å². The summed E-state index contributed by atoms with van der Waals surface area (Å²) in [4.78, 5) is 37.6. The van der Waals surface area contributed by atoms with Crippen molar-refractivity contribution in [1.29, 1.82) is 0 Å². The van der Waals surface area contributed by atoms with Crippen LogP contribution in [0.15, 0.2) is 72.9 Å². The zero-order chi connectivity index (χ0) is 45.8. The first-order valence-electron chi connectivity index (χ1n) is 26.4. The van der Waals surface area contributed by atoms with Crippen LogP contribution in [0.25, 0.3) is 0 Å². The van der Waals surface area contributed by atoms with Crippen molar-refractivity contribution in [1.82, 2.24) is 0 Å². The van der Waals surface area contributed by atoms with E-state index in [0.29, 0.717) is 19.3 Å². The first kappa shape index (κ1) is 59.9. The predicted octanol–water partition coefficient (Wildman–Crippen LogP) is 17.4. The van der Waals surface area contributed by atoms with Crippen molar-refractivity contribution in [2.75, 3.05) is 13.2 Å². The summed E-state index contributed by atoms with van der Waals surface area (Å²) in [6.45, 7) is 6.37. The fourth-order valence-electron chi connectivity index (χ4n) is 7.24. The van der Waals surface area contributed by atoms with Crippen LogP contribution in [0.1, 0.15) is 252 Å². The Morgan fingerprint density at radius 2 is 0.651 bits per heavy atom. The molecule has 0 aliphatic carbocycles. The summed E-state index contributed by atoms with van der Waals surface area (Å²) in [7, 11) is 0. The van der Waals surface area contributed by atoms with Gasteiger partial charge in [0.1, 0.15) is 13.2 Å². The zero-order valence-electron chi connectivity index (χ0n) is 41.3. The van der Waals surface area contributed by atoms with Gasteiger partial charge in [-0.1, -0.05) is 222 Å². The second kappa shape index (κ2) is 51.5. The van der Waals surface area contributed by atoms with E-state index in [4.69, 9.17) is 14.2 Å². The zero-order valence-corrected chi connectivity index (χ0v) is 41.3. The highest BCUT2D eigenvalue weighted by Gasteiger charge is 2.19. The molecule has 362 valence electrons. The molecule has 0 heterocycles. The largest absolute Gasteiger partial charge is 0.462 e. The third kappa shape index (κ3) is 49.7. The minimum Gasteiger partial charge on any atom is -0.462 e. The first-order valence-corrected chi connectivity index (χ1v) is 26.4. The maximum Gasteiger partial charge on any atom is 0.306 e. The Morgan fingerprint density at radius 3 is 1.03 bits per heavy atom. The smallest absolute Gasteiger partial charge is 0.306 e. The molecular weight excluding hydrogens is 781 g/mol. The Hall–Kier alpha value is -3.15. The van der Waals surface area contributed by atoms with E-state index in [1.807, 2.05) is 0 Å². The number of hydrogen-bond donors (Lipinski definition) is 0. The number of hydrogen-bond acceptors (Lipinski definition) is 6. The highest BCUT2D eigenvalue weighted by atomic mass is 16.6. The first-order chi connectivity index (χ1) is 31.0. The molecule has 0 radical (unpaired) electrons. The highest BCUT2D eigenvalue weighted by molar-refractivity contribution is 5.71. The molecule has 0 aliphatic heterocycles. The van der Waals surface area contributed by atoms with Crippen LogP contribution in [0.5, 0.6) is 0 Å². The van der Waals surface area contributed by atoms with Crippen LogP contribution < -0.4 is 0 Å². The summed E-state index contributed by atoms with van der Waals surface area (Å²) in [6.07, 6.45) is 65.1. The lowest BCUT2D eigenvalue weighted by Crippen LogP contribution is -2.30. The molecule has 0 aromatic heterocycles. The molecule has 0 bridgehead atoms. The molecule has 0 amide bonds. The van der Waals surface area contributed by atoms with Crippen LogP contribution in [0.4, 0.5) is 0 Å². The van der Waals surface area contributed by atoms with Gasteiger partial charge in [-0.15, -0.1) is 0 Å². The average molecular weight is 879 g/mol. The second-order valence-corrected chi connectivity index (χ2v) is 17.4. The lowest BCUT2D eigenvalue weighted by atomic mass is 10.0. The molecule has 6 heteroatoms. The van der Waals surface area contributed by atoms with Crippen molar-refractivity contribution in [2.24, 2.45) is 0 Å². The van der Waals surface area contributed by atoms with Gasteiger partial charge in [0.15, 0.2) is 6.10 Å². The van der Waals surface area contributed by atoms with Crippen molar-refractivity contribution in [3.8, 4) is 0 Å². The number of carbonyl (C=O) groups is 3. The summed E-state index contributed by atoms with van der Waals surface area (Å²) in [5.41, 5.74) is 0. The van der Waals surface area contributed by atoms with E-state index in [1.165, 1.54) is 89.9 Å². The summed E-state index contributed by atoms with van der Waals surface area (Å²) in [6, 6.07) is 0. The highest BCUT2D eigenvalue weighted by Crippen LogP contribution is 2.15. The lowest BCUT2D eigenvalue weighted by molar-refractivity contribution is -0.167. The van der Waals surface area contributed by atoms with Crippen molar-refractivity contribution in [3.05, 3.63) is 72.9 Å². The van der Waals surface area contributed by atoms with Crippen LogP contribution in [-0.2, 0) is 28.6 Å². The van der Waals surface area contributed by atoms with Gasteiger partial charge in [-0.25, -0.2) is 0 Å². The Kier molecular flexibility index (Phi) is 48.9. The molecule has 0 aromatic rings. The van der Waals surface area contributed by atoms with Crippen molar-refractivity contribution in [3.63, 3.8) is 0 Å². The van der Waals surface area contributed by atoms with Crippen LogP contribution in [0.3, 0.4) is 0 Å². The third-order valence-corrected chi connectivity index (χ3v) is 11.2. The van der Waals surface area contributed by atoms with Crippen LogP contribution >= 0.6 is 0 Å². The fraction of sp³-hybridized carbons (Fsp3) is 0.737. The third-order valence-electron chi connectivity index (χ3n) is 11.2. The van der Waals surface area contributed by atoms with Gasteiger partial charge < -0.3 is 14.2 Å². The Balaban J connectivity index is 4.04. The Morgan fingerprint density at radius 1 is 0.333 bits per heavy atom. The summed E-state index contributed by atoms with van der Waals surface area (Å²) < 4.78 is 16.6. The average Bonchev–Trinajstić information content (AvgIpc) is 3.28. The molecule has 63 heavy (non-hydrogen) atoms. The Labute approximate surface area is 389 Å². The maximum atomic E-state index is 12.7. The SMILES string of the molecule is CC/C=C\C/C=C\C/C=C\C/C=C\CCCCCCCCCCCCCCCCC(=O)OCC(COC(=O)CCCCCCC)OC(=O)CCCCCCC/C=C\C/C=C\CCC. The van der Waals surface area contributed by atoms with Gasteiger partial charge in [0.25, 0.3) is 0 Å². The van der Waals surface area contributed by atoms with Gasteiger partial charge in [0.2, 0.25) is 0 Å². The number of unbranched alkanes of at least 4 members (excludes halogenated alkanes) is 24. The second-order valence-electron chi connectivity index (χ2n) is 17.4.